The Kier molecular flexibility index (Phi) is 5.04. The van der Waals surface area contributed by atoms with Crippen LogP contribution in [0.3, 0.4) is 0 Å². The van der Waals surface area contributed by atoms with Crippen LogP contribution in [0, 0.1) is 5.41 Å². The van der Waals surface area contributed by atoms with Gasteiger partial charge in [0.25, 0.3) is 0 Å². The SMILES string of the molecule is CCC(N)C(N1CCN(c2nccs2)CC1)C(C)(C)C. The second-order valence-electron chi connectivity index (χ2n) is 6.72. The number of piperazine rings is 1. The minimum absolute atomic E-state index is 0.221. The number of hydrogen-bond donors (Lipinski definition) is 1. The van der Waals surface area contributed by atoms with Gasteiger partial charge in [-0.3, -0.25) is 4.90 Å². The average Bonchev–Trinajstić information content (AvgIpc) is 2.92. The van der Waals surface area contributed by atoms with Crippen LogP contribution in [-0.4, -0.2) is 48.1 Å². The predicted molar refractivity (Wildman–Crippen MR) is 87.4 cm³/mol. The molecular formula is C15H28N4S. The van der Waals surface area contributed by atoms with Crippen LogP contribution in [0.15, 0.2) is 11.6 Å². The van der Waals surface area contributed by atoms with E-state index in [1.54, 1.807) is 11.3 Å². The molecule has 114 valence electrons. The Bertz CT molecular complexity index is 391. The smallest absolute Gasteiger partial charge is 0.185 e. The van der Waals surface area contributed by atoms with Crippen LogP contribution in [-0.2, 0) is 0 Å². The molecule has 2 unspecified atom stereocenters. The van der Waals surface area contributed by atoms with E-state index in [0.717, 1.165) is 37.7 Å². The first-order chi connectivity index (χ1) is 9.43. The monoisotopic (exact) mass is 296 g/mol. The van der Waals surface area contributed by atoms with E-state index < -0.39 is 0 Å². The number of aromatic nitrogens is 1. The lowest BCUT2D eigenvalue weighted by Crippen LogP contribution is -2.59. The summed E-state index contributed by atoms with van der Waals surface area (Å²) in [4.78, 5) is 9.38. The fraction of sp³-hybridized carbons (Fsp3) is 0.800. The summed E-state index contributed by atoms with van der Waals surface area (Å²) in [5.74, 6) is 0. The van der Waals surface area contributed by atoms with Crippen molar-refractivity contribution in [2.45, 2.75) is 46.2 Å². The van der Waals surface area contributed by atoms with Gasteiger partial charge in [0.15, 0.2) is 5.13 Å². The van der Waals surface area contributed by atoms with Crippen LogP contribution < -0.4 is 10.6 Å². The maximum Gasteiger partial charge on any atom is 0.185 e. The summed E-state index contributed by atoms with van der Waals surface area (Å²) in [5, 5.41) is 3.20. The number of thiazole rings is 1. The van der Waals surface area contributed by atoms with Gasteiger partial charge in [-0.2, -0.15) is 0 Å². The summed E-state index contributed by atoms with van der Waals surface area (Å²) in [6.45, 7) is 13.4. The molecule has 2 N–H and O–H groups in total. The van der Waals surface area contributed by atoms with Crippen molar-refractivity contribution in [2.24, 2.45) is 11.1 Å². The van der Waals surface area contributed by atoms with E-state index in [9.17, 15) is 0 Å². The third-order valence-electron chi connectivity index (χ3n) is 4.16. The van der Waals surface area contributed by atoms with Crippen molar-refractivity contribution in [3.63, 3.8) is 0 Å². The molecule has 2 rings (SSSR count). The average molecular weight is 296 g/mol. The second kappa shape index (κ2) is 6.41. The lowest BCUT2D eigenvalue weighted by Gasteiger charge is -2.47. The van der Waals surface area contributed by atoms with Gasteiger partial charge >= 0.3 is 0 Å². The van der Waals surface area contributed by atoms with Gasteiger partial charge in [0, 0.05) is 49.8 Å². The van der Waals surface area contributed by atoms with Crippen LogP contribution in [0.4, 0.5) is 5.13 Å². The van der Waals surface area contributed by atoms with Crippen molar-refractivity contribution in [1.29, 1.82) is 0 Å². The normalized spacial score (nSPS) is 20.9. The molecule has 0 aliphatic carbocycles. The molecule has 1 saturated heterocycles. The zero-order chi connectivity index (χ0) is 14.8. The number of nitrogens with two attached hydrogens (primary N) is 1. The zero-order valence-electron chi connectivity index (χ0n) is 13.2. The maximum atomic E-state index is 6.40. The second-order valence-corrected chi connectivity index (χ2v) is 7.59. The lowest BCUT2D eigenvalue weighted by atomic mass is 9.80. The van der Waals surface area contributed by atoms with E-state index in [-0.39, 0.29) is 11.5 Å². The summed E-state index contributed by atoms with van der Waals surface area (Å²) >= 11 is 1.73. The molecule has 20 heavy (non-hydrogen) atoms. The van der Waals surface area contributed by atoms with Gasteiger partial charge < -0.3 is 10.6 Å². The molecule has 0 spiro atoms. The third kappa shape index (κ3) is 3.51. The molecule has 0 bridgehead atoms. The third-order valence-corrected chi connectivity index (χ3v) is 4.99. The Morgan fingerprint density at radius 1 is 1.30 bits per heavy atom. The van der Waals surface area contributed by atoms with Crippen molar-refractivity contribution in [2.75, 3.05) is 31.1 Å². The van der Waals surface area contributed by atoms with Gasteiger partial charge in [0.2, 0.25) is 0 Å². The number of anilines is 1. The standard InChI is InChI=1S/C15H28N4S/c1-5-12(16)13(15(2,3)4)18-7-9-19(10-8-18)14-17-6-11-20-14/h6,11-13H,5,7-10,16H2,1-4H3. The van der Waals surface area contributed by atoms with E-state index in [2.05, 4.69) is 42.5 Å². The van der Waals surface area contributed by atoms with E-state index in [1.807, 2.05) is 11.6 Å². The Hall–Kier alpha value is -0.650. The summed E-state index contributed by atoms with van der Waals surface area (Å²) in [6.07, 6.45) is 2.92. The summed E-state index contributed by atoms with van der Waals surface area (Å²) in [5.41, 5.74) is 6.62. The maximum absolute atomic E-state index is 6.40. The van der Waals surface area contributed by atoms with Crippen LogP contribution in [0.1, 0.15) is 34.1 Å². The fourth-order valence-corrected chi connectivity index (χ4v) is 3.94. The molecule has 5 heteroatoms. The molecule has 2 heterocycles. The van der Waals surface area contributed by atoms with Gasteiger partial charge in [-0.25, -0.2) is 4.98 Å². The van der Waals surface area contributed by atoms with Crippen molar-refractivity contribution >= 4 is 16.5 Å². The summed E-state index contributed by atoms with van der Waals surface area (Å²) < 4.78 is 0. The molecule has 2 atom stereocenters. The van der Waals surface area contributed by atoms with Crippen LogP contribution >= 0.6 is 11.3 Å². The van der Waals surface area contributed by atoms with Crippen molar-refractivity contribution in [3.05, 3.63) is 11.6 Å². The molecule has 1 aliphatic heterocycles. The van der Waals surface area contributed by atoms with Gasteiger partial charge in [0.1, 0.15) is 0 Å². The van der Waals surface area contributed by atoms with Crippen molar-refractivity contribution < 1.29 is 0 Å². The Labute approximate surface area is 127 Å². The zero-order valence-corrected chi connectivity index (χ0v) is 14.0. The fourth-order valence-electron chi connectivity index (χ4n) is 3.25. The highest BCUT2D eigenvalue weighted by Gasteiger charge is 2.36. The van der Waals surface area contributed by atoms with Crippen molar-refractivity contribution in [1.82, 2.24) is 9.88 Å². The Balaban J connectivity index is 2.00. The minimum Gasteiger partial charge on any atom is -0.346 e. The molecule has 1 aliphatic rings. The highest BCUT2D eigenvalue weighted by molar-refractivity contribution is 7.13. The Morgan fingerprint density at radius 3 is 2.40 bits per heavy atom. The number of nitrogens with zero attached hydrogens (tertiary/aromatic N) is 3. The quantitative estimate of drug-likeness (QED) is 0.927. The molecule has 4 nitrogen and oxygen atoms in total. The predicted octanol–water partition coefficient (Wildman–Crippen LogP) is 2.42. The molecule has 1 aromatic rings. The molecule has 0 radical (unpaired) electrons. The summed E-state index contributed by atoms with van der Waals surface area (Å²) in [7, 11) is 0. The minimum atomic E-state index is 0.221. The van der Waals surface area contributed by atoms with E-state index in [0.29, 0.717) is 6.04 Å². The highest BCUT2D eigenvalue weighted by atomic mass is 32.1. The molecule has 1 aromatic heterocycles. The van der Waals surface area contributed by atoms with Gasteiger partial charge in [-0.05, 0) is 11.8 Å². The number of rotatable bonds is 4. The first-order valence-corrected chi connectivity index (χ1v) is 8.45. The van der Waals surface area contributed by atoms with Gasteiger partial charge in [-0.1, -0.05) is 27.7 Å². The molecule has 0 amide bonds. The molecule has 1 fully saturated rings. The topological polar surface area (TPSA) is 45.4 Å². The molecular weight excluding hydrogens is 268 g/mol. The van der Waals surface area contributed by atoms with E-state index in [1.165, 1.54) is 0 Å². The highest BCUT2D eigenvalue weighted by Crippen LogP contribution is 2.29. The van der Waals surface area contributed by atoms with Gasteiger partial charge in [-0.15, -0.1) is 11.3 Å². The Morgan fingerprint density at radius 2 is 1.95 bits per heavy atom. The largest absolute Gasteiger partial charge is 0.346 e. The number of hydrogen-bond acceptors (Lipinski definition) is 5. The van der Waals surface area contributed by atoms with Crippen LogP contribution in [0.25, 0.3) is 0 Å². The van der Waals surface area contributed by atoms with Crippen molar-refractivity contribution in [3.8, 4) is 0 Å². The van der Waals surface area contributed by atoms with Crippen LogP contribution in [0.2, 0.25) is 0 Å². The first-order valence-electron chi connectivity index (χ1n) is 7.57. The van der Waals surface area contributed by atoms with Crippen LogP contribution in [0.5, 0.6) is 0 Å². The van der Waals surface area contributed by atoms with Gasteiger partial charge in [0.05, 0.1) is 0 Å². The first kappa shape index (κ1) is 15.7. The van der Waals surface area contributed by atoms with E-state index in [4.69, 9.17) is 5.73 Å². The molecule has 0 aromatic carbocycles. The van der Waals surface area contributed by atoms with E-state index >= 15 is 0 Å². The lowest BCUT2D eigenvalue weighted by molar-refractivity contribution is 0.0711. The molecule has 0 saturated carbocycles. The summed E-state index contributed by atoms with van der Waals surface area (Å²) in [6, 6.07) is 0.701.